The third-order valence-electron chi connectivity index (χ3n) is 3.90. The molecule has 0 aliphatic carbocycles. The predicted octanol–water partition coefficient (Wildman–Crippen LogP) is 4.00. The standard InChI is InChI=1S/C18H15Cl2NO4/c1-24-16-4-2-3-12-14(22)7-8-21(18(12)16)17(23)10-25-15-6-5-11(19)9-13(15)20/h2-6,9H,7-8,10H2,1H3. The number of nitrogens with zero attached hydrogens (tertiary/aromatic N) is 1. The van der Waals surface area contributed by atoms with E-state index in [2.05, 4.69) is 0 Å². The zero-order chi connectivity index (χ0) is 18.0. The number of Topliss-reactive ketones (excluding diaryl/α,β-unsaturated/α-hetero) is 1. The van der Waals surface area contributed by atoms with Gasteiger partial charge >= 0.3 is 0 Å². The largest absolute Gasteiger partial charge is 0.495 e. The van der Waals surface area contributed by atoms with Gasteiger partial charge in [-0.2, -0.15) is 0 Å². The fraction of sp³-hybridized carbons (Fsp3) is 0.222. The summed E-state index contributed by atoms with van der Waals surface area (Å²) in [4.78, 5) is 26.3. The smallest absolute Gasteiger partial charge is 0.265 e. The van der Waals surface area contributed by atoms with Crippen LogP contribution in [0, 0.1) is 0 Å². The van der Waals surface area contributed by atoms with Crippen molar-refractivity contribution >= 4 is 40.6 Å². The highest BCUT2D eigenvalue weighted by Crippen LogP contribution is 2.36. The third kappa shape index (κ3) is 3.57. The zero-order valence-corrected chi connectivity index (χ0v) is 14.9. The number of benzene rings is 2. The monoisotopic (exact) mass is 379 g/mol. The summed E-state index contributed by atoms with van der Waals surface area (Å²) in [7, 11) is 1.50. The van der Waals surface area contributed by atoms with Crippen LogP contribution >= 0.6 is 23.2 Å². The Morgan fingerprint density at radius 2 is 2.00 bits per heavy atom. The Bertz CT molecular complexity index is 838. The number of carbonyl (C=O) groups excluding carboxylic acids is 2. The summed E-state index contributed by atoms with van der Waals surface area (Å²) in [5.74, 6) is 0.542. The lowest BCUT2D eigenvalue weighted by molar-refractivity contribution is -0.120. The number of fused-ring (bicyclic) bond motifs is 1. The van der Waals surface area contributed by atoms with E-state index in [1.807, 2.05) is 0 Å². The van der Waals surface area contributed by atoms with Crippen LogP contribution in [0.25, 0.3) is 0 Å². The van der Waals surface area contributed by atoms with Gasteiger partial charge in [0.2, 0.25) is 0 Å². The average molecular weight is 380 g/mol. The third-order valence-corrected chi connectivity index (χ3v) is 4.43. The Morgan fingerprint density at radius 1 is 1.20 bits per heavy atom. The molecular formula is C18H15Cl2NO4. The Morgan fingerprint density at radius 3 is 2.72 bits per heavy atom. The van der Waals surface area contributed by atoms with Crippen molar-refractivity contribution in [3.8, 4) is 11.5 Å². The maximum atomic E-state index is 12.7. The Hall–Kier alpha value is -2.24. The van der Waals surface area contributed by atoms with Crippen molar-refractivity contribution < 1.29 is 19.1 Å². The van der Waals surface area contributed by atoms with Crippen molar-refractivity contribution in [3.63, 3.8) is 0 Å². The fourth-order valence-corrected chi connectivity index (χ4v) is 3.17. The van der Waals surface area contributed by atoms with E-state index in [0.717, 1.165) is 0 Å². The van der Waals surface area contributed by atoms with Crippen LogP contribution in [0.3, 0.4) is 0 Å². The number of methoxy groups -OCH3 is 1. The molecule has 0 unspecified atom stereocenters. The summed E-state index contributed by atoms with van der Waals surface area (Å²) in [5.41, 5.74) is 0.959. The van der Waals surface area contributed by atoms with Crippen LogP contribution in [0.1, 0.15) is 16.8 Å². The Kier molecular flexibility index (Phi) is 5.16. The molecule has 1 aliphatic heterocycles. The number of amides is 1. The summed E-state index contributed by atoms with van der Waals surface area (Å²) in [6.45, 7) is 0.0653. The predicted molar refractivity (Wildman–Crippen MR) is 96.3 cm³/mol. The van der Waals surface area contributed by atoms with Crippen molar-refractivity contribution in [3.05, 3.63) is 52.0 Å². The molecule has 1 heterocycles. The van der Waals surface area contributed by atoms with Gasteiger partial charge in [-0.05, 0) is 30.3 Å². The van der Waals surface area contributed by atoms with Gasteiger partial charge in [0.25, 0.3) is 5.91 Å². The van der Waals surface area contributed by atoms with Gasteiger partial charge in [-0.3, -0.25) is 9.59 Å². The van der Waals surface area contributed by atoms with Gasteiger partial charge < -0.3 is 14.4 Å². The average Bonchev–Trinajstić information content (AvgIpc) is 2.60. The second-order valence-electron chi connectivity index (χ2n) is 5.44. The number of hydrogen-bond acceptors (Lipinski definition) is 4. The van der Waals surface area contributed by atoms with E-state index >= 15 is 0 Å². The van der Waals surface area contributed by atoms with E-state index in [-0.39, 0.29) is 31.3 Å². The first kappa shape index (κ1) is 17.6. The van der Waals surface area contributed by atoms with Crippen LogP contribution in [-0.4, -0.2) is 32.0 Å². The molecule has 0 fully saturated rings. The minimum absolute atomic E-state index is 0.0142. The van der Waals surface area contributed by atoms with Gasteiger partial charge in [0.05, 0.1) is 17.8 Å². The van der Waals surface area contributed by atoms with E-state index in [1.54, 1.807) is 36.4 Å². The van der Waals surface area contributed by atoms with Crippen LogP contribution in [0.5, 0.6) is 11.5 Å². The minimum Gasteiger partial charge on any atom is -0.495 e. The number of halogens is 2. The van der Waals surface area contributed by atoms with Crippen LogP contribution < -0.4 is 14.4 Å². The summed E-state index contributed by atoms with van der Waals surface area (Å²) >= 11 is 11.9. The molecular weight excluding hydrogens is 365 g/mol. The number of ether oxygens (including phenoxy) is 2. The van der Waals surface area contributed by atoms with Crippen molar-refractivity contribution in [1.29, 1.82) is 0 Å². The molecule has 25 heavy (non-hydrogen) atoms. The number of ketones is 1. The highest BCUT2D eigenvalue weighted by molar-refractivity contribution is 6.35. The van der Waals surface area contributed by atoms with Gasteiger partial charge in [-0.1, -0.05) is 29.3 Å². The molecule has 2 aromatic rings. The first-order chi connectivity index (χ1) is 12.0. The normalized spacial score (nSPS) is 13.4. The topological polar surface area (TPSA) is 55.8 Å². The number of anilines is 1. The molecule has 0 radical (unpaired) electrons. The molecule has 5 nitrogen and oxygen atoms in total. The van der Waals surface area contributed by atoms with Crippen molar-refractivity contribution in [1.82, 2.24) is 0 Å². The van der Waals surface area contributed by atoms with Crippen LogP contribution in [0.4, 0.5) is 5.69 Å². The van der Waals surface area contributed by atoms with E-state index in [1.165, 1.54) is 12.0 Å². The maximum absolute atomic E-state index is 12.7. The molecule has 0 bridgehead atoms. The molecule has 130 valence electrons. The first-order valence-corrected chi connectivity index (χ1v) is 8.35. The van der Waals surface area contributed by atoms with Crippen LogP contribution in [-0.2, 0) is 4.79 Å². The van der Waals surface area contributed by atoms with Crippen molar-refractivity contribution in [2.75, 3.05) is 25.2 Å². The van der Waals surface area contributed by atoms with Gasteiger partial charge in [-0.15, -0.1) is 0 Å². The Labute approximate surface area is 155 Å². The van der Waals surface area contributed by atoms with E-state index in [0.29, 0.717) is 32.8 Å². The number of carbonyl (C=O) groups is 2. The maximum Gasteiger partial charge on any atom is 0.265 e. The number of hydrogen-bond donors (Lipinski definition) is 0. The van der Waals surface area contributed by atoms with Crippen molar-refractivity contribution in [2.24, 2.45) is 0 Å². The molecule has 0 spiro atoms. The van der Waals surface area contributed by atoms with Crippen LogP contribution in [0.2, 0.25) is 10.0 Å². The fourth-order valence-electron chi connectivity index (χ4n) is 2.71. The lowest BCUT2D eigenvalue weighted by Crippen LogP contribution is -2.40. The highest BCUT2D eigenvalue weighted by Gasteiger charge is 2.30. The van der Waals surface area contributed by atoms with Gasteiger partial charge in [0.1, 0.15) is 11.5 Å². The number of rotatable bonds is 4. The molecule has 0 aromatic heterocycles. The second-order valence-corrected chi connectivity index (χ2v) is 6.28. The van der Waals surface area contributed by atoms with E-state index in [9.17, 15) is 9.59 Å². The van der Waals surface area contributed by atoms with Crippen molar-refractivity contribution in [2.45, 2.75) is 6.42 Å². The number of para-hydroxylation sites is 1. The summed E-state index contributed by atoms with van der Waals surface area (Å²) in [6, 6.07) is 9.91. The van der Waals surface area contributed by atoms with Gasteiger partial charge in [0.15, 0.2) is 12.4 Å². The zero-order valence-electron chi connectivity index (χ0n) is 13.4. The van der Waals surface area contributed by atoms with Crippen LogP contribution in [0.15, 0.2) is 36.4 Å². The molecule has 1 aliphatic rings. The lowest BCUT2D eigenvalue weighted by Gasteiger charge is -2.30. The molecule has 7 heteroatoms. The molecule has 0 saturated carbocycles. The second kappa shape index (κ2) is 7.33. The van der Waals surface area contributed by atoms with Gasteiger partial charge in [-0.25, -0.2) is 0 Å². The molecule has 0 atom stereocenters. The van der Waals surface area contributed by atoms with Gasteiger partial charge in [0, 0.05) is 23.6 Å². The minimum atomic E-state index is -0.288. The Balaban J connectivity index is 1.82. The molecule has 2 aromatic carbocycles. The first-order valence-electron chi connectivity index (χ1n) is 7.59. The molecule has 3 rings (SSSR count). The molecule has 1 amide bonds. The summed E-state index contributed by atoms with van der Waals surface area (Å²) in [6.07, 6.45) is 0.258. The quantitative estimate of drug-likeness (QED) is 0.805. The SMILES string of the molecule is COc1cccc2c1N(C(=O)COc1ccc(Cl)cc1Cl)CCC2=O. The van der Waals surface area contributed by atoms with E-state index < -0.39 is 0 Å². The molecule has 0 N–H and O–H groups in total. The lowest BCUT2D eigenvalue weighted by atomic mass is 9.99. The summed E-state index contributed by atoms with van der Waals surface area (Å²) in [5, 5.41) is 0.809. The molecule has 0 saturated heterocycles. The highest BCUT2D eigenvalue weighted by atomic mass is 35.5. The van der Waals surface area contributed by atoms with E-state index in [4.69, 9.17) is 32.7 Å². The summed E-state index contributed by atoms with van der Waals surface area (Å²) < 4.78 is 10.8.